The maximum atomic E-state index is 5.71. The van der Waals surface area contributed by atoms with Crippen LogP contribution >= 0.6 is 0 Å². The van der Waals surface area contributed by atoms with Gasteiger partial charge in [-0.3, -0.25) is 0 Å². The first-order valence-electron chi connectivity index (χ1n) is 4.46. The minimum atomic E-state index is 0.432. The van der Waals surface area contributed by atoms with Crippen molar-refractivity contribution in [3.8, 4) is 0 Å². The first kappa shape index (κ1) is 6.66. The molecule has 0 bridgehead atoms. The molecular weight excluding hydrogens is 122 g/mol. The number of rotatable bonds is 2. The van der Waals surface area contributed by atoms with Crippen molar-refractivity contribution in [2.75, 3.05) is 0 Å². The van der Waals surface area contributed by atoms with E-state index in [0.29, 0.717) is 6.04 Å². The normalized spacial score (nSPS) is 31.8. The molecule has 2 aliphatic carbocycles. The maximum Gasteiger partial charge on any atom is 0.00131 e. The lowest BCUT2D eigenvalue weighted by atomic mass is 9.69. The second-order valence-corrected chi connectivity index (χ2v) is 4.49. The van der Waals surface area contributed by atoms with Gasteiger partial charge in [0.1, 0.15) is 0 Å². The summed E-state index contributed by atoms with van der Waals surface area (Å²) >= 11 is 0. The molecule has 10 heavy (non-hydrogen) atoms. The third-order valence-electron chi connectivity index (χ3n) is 3.11. The van der Waals surface area contributed by atoms with Crippen LogP contribution in [0.4, 0.5) is 0 Å². The van der Waals surface area contributed by atoms with Crippen molar-refractivity contribution in [3.05, 3.63) is 0 Å². The van der Waals surface area contributed by atoms with Gasteiger partial charge in [0, 0.05) is 6.04 Å². The maximum absolute atomic E-state index is 5.71. The predicted octanol–water partition coefficient (Wildman–Crippen LogP) is 1.91. The highest BCUT2D eigenvalue weighted by molar-refractivity contribution is 5.03. The summed E-state index contributed by atoms with van der Waals surface area (Å²) in [5.74, 6) is 0.988. The Kier molecular flexibility index (Phi) is 1.31. The third kappa shape index (κ3) is 1.07. The Morgan fingerprint density at radius 1 is 1.50 bits per heavy atom. The fraction of sp³-hybridized carbons (Fsp3) is 1.00. The molecule has 58 valence electrons. The van der Waals surface area contributed by atoms with Gasteiger partial charge in [0.25, 0.3) is 0 Å². The predicted molar refractivity (Wildman–Crippen MR) is 42.7 cm³/mol. The van der Waals surface area contributed by atoms with E-state index in [1.54, 1.807) is 0 Å². The largest absolute Gasteiger partial charge is 0.328 e. The summed E-state index contributed by atoms with van der Waals surface area (Å²) in [6, 6.07) is 0.432. The van der Waals surface area contributed by atoms with Crippen LogP contribution in [0, 0.1) is 11.3 Å². The van der Waals surface area contributed by atoms with Crippen LogP contribution in [0.15, 0.2) is 0 Å². The molecule has 2 saturated carbocycles. The van der Waals surface area contributed by atoms with Gasteiger partial charge in [-0.05, 0) is 50.4 Å². The van der Waals surface area contributed by atoms with E-state index in [-0.39, 0.29) is 0 Å². The molecule has 0 aromatic heterocycles. The Morgan fingerprint density at radius 3 is 2.50 bits per heavy atom. The molecule has 1 nitrogen and oxygen atoms in total. The quantitative estimate of drug-likeness (QED) is 0.621. The second-order valence-electron chi connectivity index (χ2n) is 4.49. The molecule has 2 fully saturated rings. The van der Waals surface area contributed by atoms with Crippen LogP contribution in [0.5, 0.6) is 0 Å². The number of hydrogen-bond acceptors (Lipinski definition) is 1. The molecule has 0 radical (unpaired) electrons. The van der Waals surface area contributed by atoms with Crippen molar-refractivity contribution in [2.24, 2.45) is 17.1 Å². The van der Waals surface area contributed by atoms with Crippen LogP contribution in [0.2, 0.25) is 0 Å². The monoisotopic (exact) mass is 139 g/mol. The van der Waals surface area contributed by atoms with E-state index in [4.69, 9.17) is 5.73 Å². The smallest absolute Gasteiger partial charge is 0.00131 e. The minimum absolute atomic E-state index is 0.432. The lowest BCUT2D eigenvalue weighted by Crippen LogP contribution is -2.30. The van der Waals surface area contributed by atoms with Gasteiger partial charge < -0.3 is 5.73 Å². The average molecular weight is 139 g/mol. The summed E-state index contributed by atoms with van der Waals surface area (Å²) in [6.07, 6.45) is 7.29. The van der Waals surface area contributed by atoms with Crippen molar-refractivity contribution in [1.29, 1.82) is 0 Å². The summed E-state index contributed by atoms with van der Waals surface area (Å²) in [5.41, 5.74) is 6.59. The Morgan fingerprint density at radius 2 is 2.10 bits per heavy atom. The summed E-state index contributed by atoms with van der Waals surface area (Å²) in [6.45, 7) is 2.12. The SMILES string of the molecule is CC(N)CC1CC2(CC2)C1. The zero-order valence-corrected chi connectivity index (χ0v) is 6.77. The van der Waals surface area contributed by atoms with Crippen LogP contribution in [-0.4, -0.2) is 6.04 Å². The van der Waals surface area contributed by atoms with Gasteiger partial charge in [0.05, 0.1) is 0 Å². The van der Waals surface area contributed by atoms with Crippen LogP contribution in [0.3, 0.4) is 0 Å². The summed E-state index contributed by atoms with van der Waals surface area (Å²) < 4.78 is 0. The fourth-order valence-electron chi connectivity index (χ4n) is 2.44. The van der Waals surface area contributed by atoms with Gasteiger partial charge in [-0.2, -0.15) is 0 Å². The molecule has 2 aliphatic rings. The second kappa shape index (κ2) is 1.97. The van der Waals surface area contributed by atoms with E-state index in [0.717, 1.165) is 11.3 Å². The summed E-state index contributed by atoms with van der Waals surface area (Å²) in [7, 11) is 0. The van der Waals surface area contributed by atoms with E-state index >= 15 is 0 Å². The molecule has 0 aromatic carbocycles. The van der Waals surface area contributed by atoms with E-state index in [9.17, 15) is 0 Å². The molecule has 2 N–H and O–H groups in total. The van der Waals surface area contributed by atoms with Crippen LogP contribution in [-0.2, 0) is 0 Å². The van der Waals surface area contributed by atoms with Crippen molar-refractivity contribution in [1.82, 2.24) is 0 Å². The Hall–Kier alpha value is -0.0400. The van der Waals surface area contributed by atoms with E-state index in [1.807, 2.05) is 0 Å². The molecular formula is C9H17N. The molecule has 1 atom stereocenters. The molecule has 0 heterocycles. The van der Waals surface area contributed by atoms with Crippen molar-refractivity contribution >= 4 is 0 Å². The zero-order chi connectivity index (χ0) is 7.19. The van der Waals surface area contributed by atoms with Gasteiger partial charge in [-0.25, -0.2) is 0 Å². The summed E-state index contributed by atoms with van der Waals surface area (Å²) in [5, 5.41) is 0. The molecule has 0 aliphatic heterocycles. The highest BCUT2D eigenvalue weighted by atomic mass is 14.6. The van der Waals surface area contributed by atoms with Gasteiger partial charge >= 0.3 is 0 Å². The lowest BCUT2D eigenvalue weighted by molar-refractivity contribution is 0.152. The Balaban J connectivity index is 1.70. The van der Waals surface area contributed by atoms with Gasteiger partial charge in [-0.1, -0.05) is 0 Å². The number of nitrogens with two attached hydrogens (primary N) is 1. The average Bonchev–Trinajstić information content (AvgIpc) is 2.41. The topological polar surface area (TPSA) is 26.0 Å². The Bertz CT molecular complexity index is 125. The minimum Gasteiger partial charge on any atom is -0.328 e. The first-order chi connectivity index (χ1) is 4.70. The molecule has 1 heteroatoms. The van der Waals surface area contributed by atoms with E-state index < -0.39 is 0 Å². The van der Waals surface area contributed by atoms with Gasteiger partial charge in [0.2, 0.25) is 0 Å². The molecule has 0 aromatic rings. The third-order valence-corrected chi connectivity index (χ3v) is 3.11. The molecule has 0 saturated heterocycles. The lowest BCUT2D eigenvalue weighted by Gasteiger charge is -2.36. The zero-order valence-electron chi connectivity index (χ0n) is 6.77. The standard InChI is InChI=1S/C9H17N/c1-7(10)4-8-5-9(6-8)2-3-9/h7-8H,2-6,10H2,1H3. The van der Waals surface area contributed by atoms with Gasteiger partial charge in [-0.15, -0.1) is 0 Å². The van der Waals surface area contributed by atoms with E-state index in [2.05, 4.69) is 6.92 Å². The molecule has 2 rings (SSSR count). The molecule has 1 unspecified atom stereocenters. The highest BCUT2D eigenvalue weighted by Gasteiger charge is 2.52. The molecule has 1 spiro atoms. The van der Waals surface area contributed by atoms with Crippen LogP contribution < -0.4 is 5.73 Å². The van der Waals surface area contributed by atoms with E-state index in [1.165, 1.54) is 32.1 Å². The fourth-order valence-corrected chi connectivity index (χ4v) is 2.44. The van der Waals surface area contributed by atoms with Crippen LogP contribution in [0.1, 0.15) is 39.0 Å². The van der Waals surface area contributed by atoms with Crippen molar-refractivity contribution < 1.29 is 0 Å². The van der Waals surface area contributed by atoms with Crippen LogP contribution in [0.25, 0.3) is 0 Å². The molecule has 0 amide bonds. The van der Waals surface area contributed by atoms with Crippen molar-refractivity contribution in [3.63, 3.8) is 0 Å². The summed E-state index contributed by atoms with van der Waals surface area (Å²) in [4.78, 5) is 0. The number of hydrogen-bond donors (Lipinski definition) is 1. The van der Waals surface area contributed by atoms with Crippen molar-refractivity contribution in [2.45, 2.75) is 45.1 Å². The highest BCUT2D eigenvalue weighted by Crippen LogP contribution is 2.64. The Labute approximate surface area is 63.0 Å². The first-order valence-corrected chi connectivity index (χ1v) is 4.46. The van der Waals surface area contributed by atoms with Gasteiger partial charge in [0.15, 0.2) is 0 Å².